The van der Waals surface area contributed by atoms with Crippen LogP contribution < -0.4 is 5.32 Å². The second-order valence-electron chi connectivity index (χ2n) is 20.0. The molecule has 404 valence electrons. The lowest BCUT2D eigenvalue weighted by Crippen LogP contribution is -2.46. The molecular weight excluding hydrogens is 863 g/mol. The van der Waals surface area contributed by atoms with Crippen molar-refractivity contribution in [3.8, 4) is 0 Å². The van der Waals surface area contributed by atoms with Crippen molar-refractivity contribution in [1.29, 1.82) is 0 Å². The van der Waals surface area contributed by atoms with Crippen LogP contribution in [-0.4, -0.2) is 46.9 Å². The van der Waals surface area contributed by atoms with Gasteiger partial charge in [-0.2, -0.15) is 0 Å². The first-order valence-electron chi connectivity index (χ1n) is 29.8. The second-order valence-corrected chi connectivity index (χ2v) is 20.0. The first-order chi connectivity index (χ1) is 34.5. The van der Waals surface area contributed by atoms with Gasteiger partial charge >= 0.3 is 5.97 Å². The number of hydrogen-bond acceptors (Lipinski definition) is 5. The minimum atomic E-state index is -0.809. The van der Waals surface area contributed by atoms with Gasteiger partial charge in [0.05, 0.1) is 25.2 Å². The van der Waals surface area contributed by atoms with Crippen LogP contribution in [0.15, 0.2) is 85.1 Å². The van der Waals surface area contributed by atoms with Crippen LogP contribution in [0, 0.1) is 0 Å². The molecule has 0 fully saturated rings. The molecule has 0 rings (SSSR count). The summed E-state index contributed by atoms with van der Waals surface area (Å²) < 4.78 is 5.94. The smallest absolute Gasteiger partial charge is 0.306 e. The molecule has 0 saturated heterocycles. The van der Waals surface area contributed by atoms with Crippen LogP contribution in [0.3, 0.4) is 0 Å². The Bertz CT molecular complexity index is 1330. The van der Waals surface area contributed by atoms with Crippen LogP contribution in [0.25, 0.3) is 0 Å². The van der Waals surface area contributed by atoms with Crippen LogP contribution in [0.4, 0.5) is 0 Å². The highest BCUT2D eigenvalue weighted by molar-refractivity contribution is 5.77. The molecule has 0 aliphatic heterocycles. The summed E-state index contributed by atoms with van der Waals surface area (Å²) in [7, 11) is 0. The van der Waals surface area contributed by atoms with Gasteiger partial charge in [0, 0.05) is 6.42 Å². The van der Waals surface area contributed by atoms with E-state index in [1.54, 1.807) is 0 Å². The van der Waals surface area contributed by atoms with Gasteiger partial charge in [-0.25, -0.2) is 0 Å². The van der Waals surface area contributed by atoms with E-state index in [2.05, 4.69) is 111 Å². The molecule has 1 amide bonds. The Labute approximate surface area is 433 Å². The van der Waals surface area contributed by atoms with Crippen LogP contribution >= 0.6 is 0 Å². The zero-order valence-corrected chi connectivity index (χ0v) is 46.1. The average Bonchev–Trinajstić information content (AvgIpc) is 3.35. The summed E-state index contributed by atoms with van der Waals surface area (Å²) in [5.41, 5.74) is 0. The first-order valence-corrected chi connectivity index (χ1v) is 29.8. The van der Waals surface area contributed by atoms with Crippen LogP contribution in [-0.2, 0) is 14.3 Å². The number of aliphatic hydroxyl groups excluding tert-OH is 2. The predicted molar refractivity (Wildman–Crippen MR) is 305 cm³/mol. The number of unbranched alkanes of at least 4 members (excludes halogenated alkanes) is 27. The lowest BCUT2D eigenvalue weighted by Gasteiger charge is -2.24. The molecule has 0 aliphatic rings. The van der Waals surface area contributed by atoms with Crippen molar-refractivity contribution in [1.82, 2.24) is 5.32 Å². The Morgan fingerprint density at radius 1 is 0.429 bits per heavy atom. The fourth-order valence-corrected chi connectivity index (χ4v) is 8.73. The molecule has 0 aromatic rings. The molecule has 0 bridgehead atoms. The number of carbonyl (C=O) groups excluding carboxylic acids is 2. The third-order valence-corrected chi connectivity index (χ3v) is 13.2. The molecule has 6 heteroatoms. The van der Waals surface area contributed by atoms with Crippen molar-refractivity contribution in [3.05, 3.63) is 85.1 Å². The third kappa shape index (κ3) is 51.4. The first kappa shape index (κ1) is 67.0. The Hall–Kier alpha value is -2.96. The van der Waals surface area contributed by atoms with Gasteiger partial charge in [-0.1, -0.05) is 260 Å². The van der Waals surface area contributed by atoms with E-state index < -0.39 is 18.2 Å². The molecule has 0 aliphatic carbocycles. The van der Waals surface area contributed by atoms with E-state index in [0.29, 0.717) is 19.3 Å². The van der Waals surface area contributed by atoms with E-state index in [0.717, 1.165) is 96.3 Å². The highest BCUT2D eigenvalue weighted by Gasteiger charge is 2.24. The quantitative estimate of drug-likeness (QED) is 0.0321. The highest BCUT2D eigenvalue weighted by Crippen LogP contribution is 2.18. The standard InChI is InChI=1S/C64H113NO5/c1-4-7-10-13-16-19-22-25-28-31-34-37-40-43-46-49-52-55-60(70-64(69)57-54-51-48-45-42-39-36-33-30-27-24-21-18-15-12-9-6-3)58-63(68)65-61(59-66)62(67)56-53-50-47-44-41-38-35-32-29-26-23-20-17-14-11-8-5-2/h7,10,16,18-19,21,25,27-28,30,34,37,43,46,60-62,66-67H,4-6,8-9,11-15,17,20,22-24,26,29,31-33,35-36,38-42,44-45,47-59H2,1-3H3,(H,65,68)/b10-7-,19-16-,21-18-,28-25-,30-27-,37-34-,46-43-. The van der Waals surface area contributed by atoms with E-state index in [4.69, 9.17) is 4.74 Å². The molecule has 3 unspecified atom stereocenters. The lowest BCUT2D eigenvalue weighted by atomic mass is 10.0. The van der Waals surface area contributed by atoms with Gasteiger partial charge in [0.15, 0.2) is 0 Å². The maximum atomic E-state index is 13.3. The number of nitrogens with one attached hydrogen (secondary N) is 1. The van der Waals surface area contributed by atoms with E-state index in [9.17, 15) is 19.8 Å². The maximum Gasteiger partial charge on any atom is 0.306 e. The predicted octanol–water partition coefficient (Wildman–Crippen LogP) is 18.7. The SMILES string of the molecule is CC/C=C\C/C=C\C/C=C\C/C=C\C/C=C\CCCC(CC(=O)NC(CO)C(O)CCCCCCCCCCCCCCCCCCC)OC(=O)CCCCCCCCC/C=C\C/C=C\CCCCC. The number of rotatable bonds is 53. The number of allylic oxidation sites excluding steroid dienone is 14. The Kier molecular flexibility index (Phi) is 54.5. The summed E-state index contributed by atoms with van der Waals surface area (Å²) in [4.78, 5) is 26.3. The fraction of sp³-hybridized carbons (Fsp3) is 0.750. The summed E-state index contributed by atoms with van der Waals surface area (Å²) in [5, 5.41) is 23.9. The van der Waals surface area contributed by atoms with Crippen molar-refractivity contribution in [2.75, 3.05) is 6.61 Å². The van der Waals surface area contributed by atoms with Gasteiger partial charge in [-0.05, 0) is 96.3 Å². The Morgan fingerprint density at radius 3 is 1.23 bits per heavy atom. The Balaban J connectivity index is 4.65. The number of carbonyl (C=O) groups is 2. The number of aliphatic hydroxyl groups is 2. The zero-order chi connectivity index (χ0) is 50.9. The average molecular weight is 977 g/mol. The maximum absolute atomic E-state index is 13.3. The van der Waals surface area contributed by atoms with Gasteiger partial charge in [0.25, 0.3) is 0 Å². The number of ether oxygens (including phenoxy) is 1. The van der Waals surface area contributed by atoms with Crippen molar-refractivity contribution < 1.29 is 24.5 Å². The summed E-state index contributed by atoms with van der Waals surface area (Å²) in [6, 6.07) is -0.727. The van der Waals surface area contributed by atoms with E-state index >= 15 is 0 Å². The molecule has 0 saturated carbocycles. The van der Waals surface area contributed by atoms with Gasteiger partial charge in [0.2, 0.25) is 5.91 Å². The molecule has 6 nitrogen and oxygen atoms in total. The molecular formula is C64H113NO5. The van der Waals surface area contributed by atoms with Gasteiger partial charge in [0.1, 0.15) is 6.10 Å². The van der Waals surface area contributed by atoms with Gasteiger partial charge < -0.3 is 20.3 Å². The molecule has 0 spiro atoms. The minimum absolute atomic E-state index is 0.0324. The highest BCUT2D eigenvalue weighted by atomic mass is 16.5. The topological polar surface area (TPSA) is 95.9 Å². The van der Waals surface area contributed by atoms with Crippen molar-refractivity contribution in [3.63, 3.8) is 0 Å². The largest absolute Gasteiger partial charge is 0.462 e. The van der Waals surface area contributed by atoms with Crippen molar-refractivity contribution in [2.24, 2.45) is 0 Å². The number of esters is 1. The van der Waals surface area contributed by atoms with Crippen molar-refractivity contribution in [2.45, 2.75) is 302 Å². The summed E-state index contributed by atoms with van der Waals surface area (Å²) >= 11 is 0. The molecule has 3 atom stereocenters. The van der Waals surface area contributed by atoms with Gasteiger partial charge in [-0.3, -0.25) is 9.59 Å². The number of amides is 1. The molecule has 0 radical (unpaired) electrons. The summed E-state index contributed by atoms with van der Waals surface area (Å²) in [5.74, 6) is -0.536. The minimum Gasteiger partial charge on any atom is -0.462 e. The third-order valence-electron chi connectivity index (χ3n) is 13.2. The van der Waals surface area contributed by atoms with E-state index in [-0.39, 0.29) is 24.9 Å². The molecule has 0 aromatic heterocycles. The lowest BCUT2D eigenvalue weighted by molar-refractivity contribution is -0.151. The summed E-state index contributed by atoms with van der Waals surface area (Å²) in [6.07, 6.45) is 75.1. The Morgan fingerprint density at radius 2 is 0.786 bits per heavy atom. The molecule has 3 N–H and O–H groups in total. The molecule has 70 heavy (non-hydrogen) atoms. The van der Waals surface area contributed by atoms with Gasteiger partial charge in [-0.15, -0.1) is 0 Å². The van der Waals surface area contributed by atoms with Crippen LogP contribution in [0.2, 0.25) is 0 Å². The van der Waals surface area contributed by atoms with E-state index in [1.807, 2.05) is 0 Å². The summed E-state index contributed by atoms with van der Waals surface area (Å²) in [6.45, 7) is 6.35. The van der Waals surface area contributed by atoms with E-state index in [1.165, 1.54) is 141 Å². The van der Waals surface area contributed by atoms with Crippen molar-refractivity contribution >= 4 is 11.9 Å². The second kappa shape index (κ2) is 56.9. The monoisotopic (exact) mass is 976 g/mol. The molecule has 0 heterocycles. The zero-order valence-electron chi connectivity index (χ0n) is 46.1. The normalized spacial score (nSPS) is 13.7. The van der Waals surface area contributed by atoms with Crippen LogP contribution in [0.5, 0.6) is 0 Å². The fourth-order valence-electron chi connectivity index (χ4n) is 8.73. The number of hydrogen-bond donors (Lipinski definition) is 3. The van der Waals surface area contributed by atoms with Crippen LogP contribution in [0.1, 0.15) is 284 Å². The molecule has 0 aromatic carbocycles.